The van der Waals surface area contributed by atoms with Gasteiger partial charge >= 0.3 is 5.92 Å². The van der Waals surface area contributed by atoms with Crippen LogP contribution in [-0.2, 0) is 11.3 Å². The van der Waals surface area contributed by atoms with Gasteiger partial charge in [-0.25, -0.2) is 8.78 Å². The molecule has 0 aromatic heterocycles. The van der Waals surface area contributed by atoms with E-state index in [2.05, 4.69) is 0 Å². The minimum Gasteiger partial charge on any atom is -0.383 e. The summed E-state index contributed by atoms with van der Waals surface area (Å²) in [6, 6.07) is 2.53. The van der Waals surface area contributed by atoms with Crippen LogP contribution in [0.3, 0.4) is 0 Å². The number of rotatable bonds is 4. The molecule has 7 heteroatoms. The summed E-state index contributed by atoms with van der Waals surface area (Å²) in [6.07, 6.45) is 0.0847. The molecule has 0 saturated heterocycles. The van der Waals surface area contributed by atoms with Gasteiger partial charge < -0.3 is 10.4 Å². The van der Waals surface area contributed by atoms with Crippen molar-refractivity contribution in [3.63, 3.8) is 0 Å². The zero-order valence-electron chi connectivity index (χ0n) is 10.4. The summed E-state index contributed by atoms with van der Waals surface area (Å²) in [7, 11) is 0. The van der Waals surface area contributed by atoms with E-state index in [4.69, 9.17) is 0 Å². The van der Waals surface area contributed by atoms with Crippen LogP contribution in [0.15, 0.2) is 18.2 Å². The molecule has 1 amide bonds. The van der Waals surface area contributed by atoms with E-state index in [-0.39, 0.29) is 18.4 Å². The normalized spacial score (nSPS) is 17.4. The maximum atomic E-state index is 13.7. The molecule has 2 N–H and O–H groups in total. The standard InChI is InChI=1S/C13H13F4NO2/c14-9-2-3-10(15)8(6-9)7-18-11(19)13(16,17)12(20)4-1-5-12/h2-3,6,20H,1,4-5,7H2,(H,18,19). The zero-order valence-corrected chi connectivity index (χ0v) is 10.4. The van der Waals surface area contributed by atoms with Crippen molar-refractivity contribution >= 4 is 5.91 Å². The van der Waals surface area contributed by atoms with Gasteiger partial charge in [0.05, 0.1) is 0 Å². The molecule has 0 spiro atoms. The van der Waals surface area contributed by atoms with Crippen molar-refractivity contribution in [3.8, 4) is 0 Å². The first-order chi connectivity index (χ1) is 9.26. The van der Waals surface area contributed by atoms with E-state index in [1.165, 1.54) is 0 Å². The molecule has 1 aromatic rings. The van der Waals surface area contributed by atoms with E-state index < -0.39 is 35.6 Å². The molecule has 0 radical (unpaired) electrons. The fourth-order valence-corrected chi connectivity index (χ4v) is 2.00. The molecule has 0 aliphatic heterocycles. The summed E-state index contributed by atoms with van der Waals surface area (Å²) < 4.78 is 53.6. The maximum absolute atomic E-state index is 13.7. The van der Waals surface area contributed by atoms with Gasteiger partial charge in [-0.2, -0.15) is 8.78 Å². The Kier molecular flexibility index (Phi) is 3.73. The third kappa shape index (κ3) is 2.49. The lowest BCUT2D eigenvalue weighted by Crippen LogP contribution is -2.60. The van der Waals surface area contributed by atoms with E-state index >= 15 is 0 Å². The second-order valence-electron chi connectivity index (χ2n) is 4.88. The minimum atomic E-state index is -3.95. The molecule has 1 aromatic carbocycles. The number of carbonyl (C=O) groups is 1. The molecule has 0 unspecified atom stereocenters. The number of halogens is 4. The van der Waals surface area contributed by atoms with Crippen LogP contribution >= 0.6 is 0 Å². The molecule has 110 valence electrons. The largest absolute Gasteiger partial charge is 0.383 e. The van der Waals surface area contributed by atoms with Gasteiger partial charge in [0.1, 0.15) is 17.2 Å². The number of carbonyl (C=O) groups excluding carboxylic acids is 1. The van der Waals surface area contributed by atoms with E-state index in [0.717, 1.165) is 18.2 Å². The Morgan fingerprint density at radius 1 is 1.35 bits per heavy atom. The highest BCUT2D eigenvalue weighted by Crippen LogP contribution is 2.44. The monoisotopic (exact) mass is 291 g/mol. The molecule has 0 bridgehead atoms. The Labute approximate surface area is 112 Å². The van der Waals surface area contributed by atoms with Crippen LogP contribution in [0, 0.1) is 11.6 Å². The van der Waals surface area contributed by atoms with E-state index in [9.17, 15) is 27.5 Å². The first-order valence-electron chi connectivity index (χ1n) is 6.09. The molecule has 0 heterocycles. The van der Waals surface area contributed by atoms with Crippen molar-refractivity contribution in [2.75, 3.05) is 0 Å². The molecule has 3 nitrogen and oxygen atoms in total. The molecule has 20 heavy (non-hydrogen) atoms. The molecule has 1 aliphatic rings. The van der Waals surface area contributed by atoms with Crippen molar-refractivity contribution in [2.45, 2.75) is 37.3 Å². The summed E-state index contributed by atoms with van der Waals surface area (Å²) in [6.45, 7) is -0.575. The van der Waals surface area contributed by atoms with Gasteiger partial charge in [0.2, 0.25) is 0 Å². The van der Waals surface area contributed by atoms with E-state index in [1.807, 2.05) is 5.32 Å². The molecule has 0 atom stereocenters. The second kappa shape index (κ2) is 5.05. The number of hydrogen-bond acceptors (Lipinski definition) is 2. The molecule has 1 aliphatic carbocycles. The van der Waals surface area contributed by atoms with Gasteiger partial charge in [-0.1, -0.05) is 0 Å². The number of amides is 1. The summed E-state index contributed by atoms with van der Waals surface area (Å²) in [5.74, 6) is -7.18. The van der Waals surface area contributed by atoms with Gasteiger partial charge in [-0.15, -0.1) is 0 Å². The van der Waals surface area contributed by atoms with Crippen molar-refractivity contribution in [3.05, 3.63) is 35.4 Å². The molecule has 1 fully saturated rings. The lowest BCUT2D eigenvalue weighted by Gasteiger charge is -2.41. The predicted molar refractivity (Wildman–Crippen MR) is 62.0 cm³/mol. The highest BCUT2D eigenvalue weighted by molar-refractivity contribution is 5.85. The summed E-state index contributed by atoms with van der Waals surface area (Å²) in [4.78, 5) is 11.4. The van der Waals surface area contributed by atoms with Crippen LogP contribution in [0.25, 0.3) is 0 Å². The van der Waals surface area contributed by atoms with Crippen molar-refractivity contribution in [1.82, 2.24) is 5.32 Å². The fourth-order valence-electron chi connectivity index (χ4n) is 2.00. The minimum absolute atomic E-state index is 0.165. The number of hydrogen-bond donors (Lipinski definition) is 2. The van der Waals surface area contributed by atoms with Gasteiger partial charge in [0.25, 0.3) is 5.91 Å². The number of benzene rings is 1. The first-order valence-corrected chi connectivity index (χ1v) is 6.09. The van der Waals surface area contributed by atoms with Gasteiger partial charge in [-0.05, 0) is 37.5 Å². The lowest BCUT2D eigenvalue weighted by atomic mass is 9.75. The Bertz CT molecular complexity index is 529. The van der Waals surface area contributed by atoms with Crippen LogP contribution in [0.5, 0.6) is 0 Å². The zero-order chi connectivity index (χ0) is 15.0. The fraction of sp³-hybridized carbons (Fsp3) is 0.462. The quantitative estimate of drug-likeness (QED) is 0.835. The average Bonchev–Trinajstić information content (AvgIpc) is 2.36. The van der Waals surface area contributed by atoms with Crippen LogP contribution in [0.1, 0.15) is 24.8 Å². The second-order valence-corrected chi connectivity index (χ2v) is 4.88. The summed E-state index contributed by atoms with van der Waals surface area (Å²) >= 11 is 0. The topological polar surface area (TPSA) is 49.3 Å². The molecular formula is C13H13F4NO2. The Hall–Kier alpha value is -1.63. The smallest absolute Gasteiger partial charge is 0.352 e. The van der Waals surface area contributed by atoms with Crippen LogP contribution < -0.4 is 5.32 Å². The van der Waals surface area contributed by atoms with Crippen LogP contribution in [0.4, 0.5) is 17.6 Å². The van der Waals surface area contributed by atoms with Crippen molar-refractivity contribution < 1.29 is 27.5 Å². The average molecular weight is 291 g/mol. The maximum Gasteiger partial charge on any atom is 0.352 e. The van der Waals surface area contributed by atoms with E-state index in [0.29, 0.717) is 6.42 Å². The third-order valence-corrected chi connectivity index (χ3v) is 3.50. The van der Waals surface area contributed by atoms with E-state index in [1.54, 1.807) is 0 Å². The first kappa shape index (κ1) is 14.8. The Morgan fingerprint density at radius 3 is 2.55 bits per heavy atom. The number of alkyl halides is 2. The van der Waals surface area contributed by atoms with Crippen LogP contribution in [-0.4, -0.2) is 22.5 Å². The molecule has 1 saturated carbocycles. The summed E-state index contributed by atoms with van der Waals surface area (Å²) in [5.41, 5.74) is -2.58. The molecular weight excluding hydrogens is 278 g/mol. The Morgan fingerprint density at radius 2 is 2.00 bits per heavy atom. The summed E-state index contributed by atoms with van der Waals surface area (Å²) in [5, 5.41) is 11.4. The molecule has 2 rings (SSSR count). The van der Waals surface area contributed by atoms with Gasteiger partial charge in [-0.3, -0.25) is 4.79 Å². The SMILES string of the molecule is O=C(NCc1cc(F)ccc1F)C(F)(F)C1(O)CCC1. The predicted octanol–water partition coefficient (Wildman–Crippen LogP) is 2.13. The van der Waals surface area contributed by atoms with Gasteiger partial charge in [0, 0.05) is 12.1 Å². The van der Waals surface area contributed by atoms with Gasteiger partial charge in [0.15, 0.2) is 0 Å². The Balaban J connectivity index is 2.03. The van der Waals surface area contributed by atoms with Crippen molar-refractivity contribution in [2.24, 2.45) is 0 Å². The van der Waals surface area contributed by atoms with Crippen LogP contribution in [0.2, 0.25) is 0 Å². The highest BCUT2D eigenvalue weighted by Gasteiger charge is 2.61. The third-order valence-electron chi connectivity index (χ3n) is 3.50. The highest BCUT2D eigenvalue weighted by atomic mass is 19.3. The lowest BCUT2D eigenvalue weighted by molar-refractivity contribution is -0.216. The number of aliphatic hydroxyl groups is 1. The number of nitrogens with one attached hydrogen (secondary N) is 1. The van der Waals surface area contributed by atoms with Crippen molar-refractivity contribution in [1.29, 1.82) is 0 Å².